The van der Waals surface area contributed by atoms with Crippen molar-refractivity contribution in [3.05, 3.63) is 53.6 Å². The molecule has 1 amide bonds. The zero-order valence-electron chi connectivity index (χ0n) is 11.8. The number of amides is 1. The normalized spacial score (nSPS) is 11.9. The van der Waals surface area contributed by atoms with E-state index in [1.807, 2.05) is 6.92 Å². The molecule has 1 atom stereocenters. The van der Waals surface area contributed by atoms with Gasteiger partial charge in [-0.05, 0) is 42.8 Å². The fourth-order valence-corrected chi connectivity index (χ4v) is 2.04. The van der Waals surface area contributed by atoms with Crippen molar-refractivity contribution >= 4 is 5.91 Å². The Kier molecular flexibility index (Phi) is 4.03. The number of aromatic hydroxyl groups is 3. The summed E-state index contributed by atoms with van der Waals surface area (Å²) in [5.74, 6) is -0.501. The Balaban J connectivity index is 2.26. The molecular formula is C16H17NO4. The van der Waals surface area contributed by atoms with E-state index in [1.165, 1.54) is 23.1 Å². The highest BCUT2D eigenvalue weighted by molar-refractivity contribution is 5.97. The molecule has 0 fully saturated rings. The topological polar surface area (TPSA) is 81.0 Å². The fourth-order valence-electron chi connectivity index (χ4n) is 2.04. The Labute approximate surface area is 122 Å². The number of phenols is 3. The van der Waals surface area contributed by atoms with E-state index in [-0.39, 0.29) is 28.9 Å². The number of carbonyl (C=O) groups is 1. The van der Waals surface area contributed by atoms with E-state index in [0.29, 0.717) is 0 Å². The van der Waals surface area contributed by atoms with Crippen molar-refractivity contribution in [2.45, 2.75) is 13.0 Å². The van der Waals surface area contributed by atoms with Crippen LogP contribution in [0.5, 0.6) is 17.2 Å². The van der Waals surface area contributed by atoms with Crippen molar-refractivity contribution in [1.29, 1.82) is 0 Å². The second-order valence-electron chi connectivity index (χ2n) is 4.89. The summed E-state index contributed by atoms with van der Waals surface area (Å²) in [6.45, 7) is 1.84. The van der Waals surface area contributed by atoms with E-state index in [2.05, 4.69) is 0 Å². The van der Waals surface area contributed by atoms with E-state index in [1.54, 1.807) is 31.3 Å². The Hall–Kier alpha value is -2.69. The maximum Gasteiger partial charge on any atom is 0.257 e. The highest BCUT2D eigenvalue weighted by atomic mass is 16.3. The maximum absolute atomic E-state index is 12.4. The van der Waals surface area contributed by atoms with Gasteiger partial charge >= 0.3 is 0 Å². The minimum Gasteiger partial charge on any atom is -0.508 e. The third-order valence-electron chi connectivity index (χ3n) is 3.49. The van der Waals surface area contributed by atoms with E-state index in [4.69, 9.17) is 0 Å². The molecule has 0 heterocycles. The van der Waals surface area contributed by atoms with Crippen LogP contribution in [0.4, 0.5) is 0 Å². The molecule has 1 unspecified atom stereocenters. The summed E-state index contributed by atoms with van der Waals surface area (Å²) in [6, 6.07) is 10.1. The van der Waals surface area contributed by atoms with E-state index < -0.39 is 5.91 Å². The quantitative estimate of drug-likeness (QED) is 0.758. The third-order valence-corrected chi connectivity index (χ3v) is 3.49. The smallest absolute Gasteiger partial charge is 0.257 e. The fraction of sp³-hybridized carbons (Fsp3) is 0.188. The van der Waals surface area contributed by atoms with Crippen LogP contribution in [0.15, 0.2) is 42.5 Å². The van der Waals surface area contributed by atoms with Crippen LogP contribution in [-0.4, -0.2) is 33.2 Å². The van der Waals surface area contributed by atoms with Crippen LogP contribution in [0, 0.1) is 0 Å². The van der Waals surface area contributed by atoms with Crippen LogP contribution >= 0.6 is 0 Å². The number of carbonyl (C=O) groups excluding carboxylic acids is 1. The summed E-state index contributed by atoms with van der Waals surface area (Å²) >= 11 is 0. The molecule has 2 aromatic rings. The van der Waals surface area contributed by atoms with Crippen molar-refractivity contribution < 1.29 is 20.1 Å². The molecule has 3 N–H and O–H groups in total. The summed E-state index contributed by atoms with van der Waals surface area (Å²) in [5, 5.41) is 28.5. The highest BCUT2D eigenvalue weighted by Crippen LogP contribution is 2.27. The molecule has 0 aliphatic rings. The van der Waals surface area contributed by atoms with Gasteiger partial charge in [-0.1, -0.05) is 12.1 Å². The van der Waals surface area contributed by atoms with Gasteiger partial charge in [-0.15, -0.1) is 0 Å². The molecule has 0 aromatic heterocycles. The summed E-state index contributed by atoms with van der Waals surface area (Å²) in [5.41, 5.74) is 0.895. The first-order valence-corrected chi connectivity index (χ1v) is 6.48. The van der Waals surface area contributed by atoms with Gasteiger partial charge in [0.1, 0.15) is 17.2 Å². The van der Waals surface area contributed by atoms with Crippen molar-refractivity contribution in [2.24, 2.45) is 0 Å². The lowest BCUT2D eigenvalue weighted by molar-refractivity contribution is 0.0739. The van der Waals surface area contributed by atoms with Crippen LogP contribution in [0.3, 0.4) is 0 Å². The molecule has 0 saturated carbocycles. The molecule has 0 radical (unpaired) electrons. The predicted octanol–water partition coefficient (Wildman–Crippen LogP) is 2.64. The van der Waals surface area contributed by atoms with Gasteiger partial charge in [0.15, 0.2) is 0 Å². The molecular weight excluding hydrogens is 270 g/mol. The summed E-state index contributed by atoms with van der Waals surface area (Å²) in [6.07, 6.45) is 0. The highest BCUT2D eigenvalue weighted by Gasteiger charge is 2.21. The number of benzene rings is 2. The lowest BCUT2D eigenvalue weighted by Gasteiger charge is -2.25. The number of hydrogen-bond acceptors (Lipinski definition) is 4. The molecule has 110 valence electrons. The van der Waals surface area contributed by atoms with E-state index >= 15 is 0 Å². The van der Waals surface area contributed by atoms with Crippen molar-refractivity contribution in [3.8, 4) is 17.2 Å². The first-order chi connectivity index (χ1) is 9.90. The Morgan fingerprint density at radius 1 is 1.00 bits per heavy atom. The van der Waals surface area contributed by atoms with Crippen molar-refractivity contribution in [3.63, 3.8) is 0 Å². The number of phenolic OH excluding ortho intramolecular Hbond substituents is 3. The molecule has 5 nitrogen and oxygen atoms in total. The molecule has 0 aliphatic heterocycles. The van der Waals surface area contributed by atoms with Crippen molar-refractivity contribution in [1.82, 2.24) is 4.90 Å². The Morgan fingerprint density at radius 2 is 1.57 bits per heavy atom. The lowest BCUT2D eigenvalue weighted by atomic mass is 10.1. The van der Waals surface area contributed by atoms with Crippen molar-refractivity contribution in [2.75, 3.05) is 7.05 Å². The van der Waals surface area contributed by atoms with Gasteiger partial charge in [0.25, 0.3) is 5.91 Å². The second kappa shape index (κ2) is 5.75. The zero-order valence-corrected chi connectivity index (χ0v) is 11.8. The van der Waals surface area contributed by atoms with Gasteiger partial charge in [0, 0.05) is 7.05 Å². The maximum atomic E-state index is 12.4. The van der Waals surface area contributed by atoms with Gasteiger partial charge in [-0.2, -0.15) is 0 Å². The molecule has 0 bridgehead atoms. The summed E-state index contributed by atoms with van der Waals surface area (Å²) < 4.78 is 0. The van der Waals surface area contributed by atoms with Gasteiger partial charge in [0.2, 0.25) is 0 Å². The van der Waals surface area contributed by atoms with E-state index in [0.717, 1.165) is 5.56 Å². The minimum atomic E-state index is -0.399. The van der Waals surface area contributed by atoms with Gasteiger partial charge in [0.05, 0.1) is 11.6 Å². The number of rotatable bonds is 3. The average molecular weight is 287 g/mol. The first kappa shape index (κ1) is 14.7. The number of nitrogens with zero attached hydrogens (tertiary/aromatic N) is 1. The van der Waals surface area contributed by atoms with E-state index in [9.17, 15) is 20.1 Å². The van der Waals surface area contributed by atoms with Gasteiger partial charge < -0.3 is 20.2 Å². The standard InChI is InChI=1S/C16H17NO4/c1-10(11-3-5-12(18)6-4-11)17(2)16(21)14-9-13(19)7-8-15(14)20/h3-10,18-20H,1-2H3. The molecule has 21 heavy (non-hydrogen) atoms. The number of hydrogen-bond donors (Lipinski definition) is 3. The largest absolute Gasteiger partial charge is 0.508 e. The zero-order chi connectivity index (χ0) is 15.6. The van der Waals surface area contributed by atoms with Crippen LogP contribution < -0.4 is 0 Å². The lowest BCUT2D eigenvalue weighted by Crippen LogP contribution is -2.29. The SMILES string of the molecule is CC(c1ccc(O)cc1)N(C)C(=O)c1cc(O)ccc1O. The Morgan fingerprint density at radius 3 is 2.19 bits per heavy atom. The molecule has 2 aromatic carbocycles. The molecule has 2 rings (SSSR count). The average Bonchev–Trinajstić information content (AvgIpc) is 2.48. The molecule has 0 saturated heterocycles. The summed E-state index contributed by atoms with van der Waals surface area (Å²) in [4.78, 5) is 13.9. The molecule has 0 aliphatic carbocycles. The molecule has 5 heteroatoms. The predicted molar refractivity (Wildman–Crippen MR) is 78.4 cm³/mol. The minimum absolute atomic E-state index is 0.0446. The Bertz CT molecular complexity index is 652. The molecule has 0 spiro atoms. The second-order valence-corrected chi connectivity index (χ2v) is 4.89. The van der Waals surface area contributed by atoms with Crippen LogP contribution in [0.25, 0.3) is 0 Å². The van der Waals surface area contributed by atoms with Crippen LogP contribution in [-0.2, 0) is 0 Å². The van der Waals surface area contributed by atoms with Gasteiger partial charge in [-0.3, -0.25) is 4.79 Å². The third kappa shape index (κ3) is 3.08. The van der Waals surface area contributed by atoms with Gasteiger partial charge in [-0.25, -0.2) is 0 Å². The first-order valence-electron chi connectivity index (χ1n) is 6.48. The van der Waals surface area contributed by atoms with Crippen LogP contribution in [0.2, 0.25) is 0 Å². The summed E-state index contributed by atoms with van der Waals surface area (Å²) in [7, 11) is 1.61. The monoisotopic (exact) mass is 287 g/mol. The van der Waals surface area contributed by atoms with Crippen LogP contribution in [0.1, 0.15) is 28.9 Å².